The lowest BCUT2D eigenvalue weighted by atomic mass is 9.69. The Morgan fingerprint density at radius 2 is 2.03 bits per heavy atom. The molecule has 1 aliphatic carbocycles. The van der Waals surface area contributed by atoms with E-state index in [1.54, 1.807) is 18.3 Å². The lowest BCUT2D eigenvalue weighted by Gasteiger charge is -2.37. The van der Waals surface area contributed by atoms with Crippen LogP contribution in [0.25, 0.3) is 0 Å². The van der Waals surface area contributed by atoms with Crippen molar-refractivity contribution in [3.63, 3.8) is 0 Å². The topological polar surface area (TPSA) is 130 Å². The van der Waals surface area contributed by atoms with Crippen LogP contribution < -0.4 is 15.8 Å². The molecule has 4 N–H and O–H groups in total. The van der Waals surface area contributed by atoms with Crippen LogP contribution in [0.15, 0.2) is 48.7 Å². The predicted octanol–water partition coefficient (Wildman–Crippen LogP) is 3.59. The summed E-state index contributed by atoms with van der Waals surface area (Å²) in [6.07, 6.45) is 4.06. The van der Waals surface area contributed by atoms with E-state index < -0.39 is 11.2 Å². The fraction of sp³-hybridized carbons (Fsp3) is 0.304. The Balaban J connectivity index is 1.44. The van der Waals surface area contributed by atoms with Gasteiger partial charge in [0.2, 0.25) is 5.91 Å². The highest BCUT2D eigenvalue weighted by molar-refractivity contribution is 5.81. The van der Waals surface area contributed by atoms with Gasteiger partial charge in [0, 0.05) is 24.4 Å². The Morgan fingerprint density at radius 3 is 2.72 bits per heavy atom. The zero-order valence-corrected chi connectivity index (χ0v) is 17.3. The molecular weight excluding hydrogens is 411 g/mol. The van der Waals surface area contributed by atoms with Gasteiger partial charge < -0.3 is 15.8 Å². The first kappa shape index (κ1) is 21.3. The van der Waals surface area contributed by atoms with Gasteiger partial charge in [-0.2, -0.15) is 10.4 Å². The Kier molecular flexibility index (Phi) is 6.03. The van der Waals surface area contributed by atoms with Crippen LogP contribution in [0.3, 0.4) is 0 Å². The van der Waals surface area contributed by atoms with E-state index in [-0.39, 0.29) is 23.3 Å². The Hall–Kier alpha value is -3.93. The van der Waals surface area contributed by atoms with E-state index in [4.69, 9.17) is 10.5 Å². The Morgan fingerprint density at radius 1 is 1.25 bits per heavy atom. The summed E-state index contributed by atoms with van der Waals surface area (Å²) >= 11 is 0. The van der Waals surface area contributed by atoms with Gasteiger partial charge in [0.05, 0.1) is 11.5 Å². The molecule has 0 unspecified atom stereocenters. The van der Waals surface area contributed by atoms with Gasteiger partial charge in [-0.1, -0.05) is 12.1 Å². The van der Waals surface area contributed by atoms with Gasteiger partial charge in [0.15, 0.2) is 5.82 Å². The molecule has 1 fully saturated rings. The molecule has 2 aromatic heterocycles. The van der Waals surface area contributed by atoms with Crippen LogP contribution in [0.5, 0.6) is 5.75 Å². The number of anilines is 2. The number of H-pyrrole nitrogens is 1. The summed E-state index contributed by atoms with van der Waals surface area (Å²) in [6, 6.07) is 13.5. The van der Waals surface area contributed by atoms with Gasteiger partial charge in [-0.3, -0.25) is 9.89 Å². The number of carbonyl (C=O) groups is 1. The summed E-state index contributed by atoms with van der Waals surface area (Å²) in [5, 5.41) is 19.1. The second-order valence-electron chi connectivity index (χ2n) is 7.96. The third kappa shape index (κ3) is 4.54. The molecule has 1 amide bonds. The Labute approximate surface area is 184 Å². The molecule has 3 aromatic rings. The highest BCUT2D eigenvalue weighted by atomic mass is 19.1. The molecule has 2 heterocycles. The number of benzene rings is 1. The minimum Gasteiger partial charge on any atom is -0.489 e. The number of ether oxygens (including phenoxy) is 1. The molecule has 0 aliphatic heterocycles. The van der Waals surface area contributed by atoms with Crippen molar-refractivity contribution < 1.29 is 13.9 Å². The summed E-state index contributed by atoms with van der Waals surface area (Å²) in [5.41, 5.74) is 5.74. The quantitative estimate of drug-likeness (QED) is 0.521. The molecule has 0 radical (unpaired) electrons. The first-order valence-corrected chi connectivity index (χ1v) is 10.4. The molecule has 1 aliphatic rings. The number of carbonyl (C=O) groups excluding carboxylic acids is 1. The number of aromatic amines is 1. The number of hydrogen-bond acceptors (Lipinski definition) is 6. The van der Waals surface area contributed by atoms with Gasteiger partial charge >= 0.3 is 0 Å². The van der Waals surface area contributed by atoms with Crippen molar-refractivity contribution in [3.05, 3.63) is 65.7 Å². The molecule has 0 bridgehead atoms. The summed E-state index contributed by atoms with van der Waals surface area (Å²) in [5.74, 6) is 0.517. The van der Waals surface area contributed by atoms with Gasteiger partial charge in [-0.25, -0.2) is 9.37 Å². The van der Waals surface area contributed by atoms with Crippen LogP contribution in [-0.2, 0) is 11.2 Å². The van der Waals surface area contributed by atoms with Gasteiger partial charge in [0.25, 0.3) is 0 Å². The summed E-state index contributed by atoms with van der Waals surface area (Å²) in [4.78, 5) is 17.1. The van der Waals surface area contributed by atoms with Gasteiger partial charge in [-0.05, 0) is 49.9 Å². The maximum atomic E-state index is 13.8. The van der Waals surface area contributed by atoms with Crippen molar-refractivity contribution in [2.24, 2.45) is 11.1 Å². The molecule has 9 heteroatoms. The Bertz CT molecular complexity index is 1130. The minimum atomic E-state index is -0.738. The average Bonchev–Trinajstić information content (AvgIpc) is 3.28. The average molecular weight is 434 g/mol. The van der Waals surface area contributed by atoms with E-state index in [1.165, 1.54) is 12.1 Å². The fourth-order valence-corrected chi connectivity index (χ4v) is 4.12. The first-order chi connectivity index (χ1) is 15.5. The number of nitriles is 1. The lowest BCUT2D eigenvalue weighted by Crippen LogP contribution is -2.44. The summed E-state index contributed by atoms with van der Waals surface area (Å²) in [7, 11) is 0. The summed E-state index contributed by atoms with van der Waals surface area (Å²) < 4.78 is 19.8. The fourth-order valence-electron chi connectivity index (χ4n) is 4.12. The molecule has 1 saturated carbocycles. The highest BCUT2D eigenvalue weighted by Gasteiger charge is 2.41. The van der Waals surface area contributed by atoms with Crippen LogP contribution in [-0.4, -0.2) is 27.2 Å². The van der Waals surface area contributed by atoms with E-state index >= 15 is 0 Å². The molecule has 164 valence electrons. The molecule has 0 saturated heterocycles. The molecule has 0 atom stereocenters. The monoisotopic (exact) mass is 434 g/mol. The van der Waals surface area contributed by atoms with E-state index in [1.807, 2.05) is 24.3 Å². The molecule has 0 spiro atoms. The van der Waals surface area contributed by atoms with E-state index in [0.717, 1.165) is 5.69 Å². The number of pyridine rings is 1. The van der Waals surface area contributed by atoms with Crippen LogP contribution >= 0.6 is 0 Å². The second-order valence-corrected chi connectivity index (χ2v) is 7.96. The van der Waals surface area contributed by atoms with Crippen molar-refractivity contribution in [3.8, 4) is 11.8 Å². The third-order valence-corrected chi connectivity index (χ3v) is 5.88. The van der Waals surface area contributed by atoms with Crippen molar-refractivity contribution in [1.29, 1.82) is 5.26 Å². The number of aromatic nitrogens is 3. The van der Waals surface area contributed by atoms with Crippen molar-refractivity contribution in [2.75, 3.05) is 5.32 Å². The number of hydrogen-bond donors (Lipinski definition) is 3. The third-order valence-electron chi connectivity index (χ3n) is 5.88. The van der Waals surface area contributed by atoms with E-state index in [0.29, 0.717) is 43.7 Å². The molecule has 4 rings (SSSR count). The number of nitrogens with two attached hydrogens (primary N) is 1. The maximum absolute atomic E-state index is 13.8. The summed E-state index contributed by atoms with van der Waals surface area (Å²) in [6.45, 7) is 0. The number of halogens is 1. The standard InChI is InChI=1S/C23H23FN6O2/c24-18-4-2-5-19(17(18)14-25)32-16-7-10-23(11-8-16,22(26)31)13-15-3-1-6-20(28-15)29-21-9-12-27-30-21/h1-6,9,12,16H,7-8,10-11,13H2,(H2,26,31)(H2,27,28,29,30)/t16-,23-. The normalized spacial score (nSPS) is 20.3. The largest absolute Gasteiger partial charge is 0.489 e. The maximum Gasteiger partial charge on any atom is 0.224 e. The molecular formula is C23H23FN6O2. The lowest BCUT2D eigenvalue weighted by molar-refractivity contribution is -0.130. The molecule has 1 aromatic carbocycles. The SMILES string of the molecule is N#Cc1c(F)cccc1O[C@H]1CC[C@](Cc2cccc(Nc3cc[nH]n3)n2)(C(N)=O)CC1. The van der Waals surface area contributed by atoms with E-state index in [2.05, 4.69) is 20.5 Å². The zero-order chi connectivity index (χ0) is 22.6. The van der Waals surface area contributed by atoms with Gasteiger partial charge in [0.1, 0.15) is 29.0 Å². The van der Waals surface area contributed by atoms with Gasteiger partial charge in [-0.15, -0.1) is 0 Å². The second kappa shape index (κ2) is 9.06. The predicted molar refractivity (Wildman–Crippen MR) is 115 cm³/mol. The van der Waals surface area contributed by atoms with Crippen LogP contribution in [0.2, 0.25) is 0 Å². The molecule has 32 heavy (non-hydrogen) atoms. The number of primary amides is 1. The zero-order valence-electron chi connectivity index (χ0n) is 17.3. The van der Waals surface area contributed by atoms with Crippen molar-refractivity contribution >= 4 is 17.5 Å². The number of rotatable bonds is 7. The number of nitrogens with one attached hydrogen (secondary N) is 2. The minimum absolute atomic E-state index is 0.107. The van der Waals surface area contributed by atoms with Crippen molar-refractivity contribution in [1.82, 2.24) is 15.2 Å². The van der Waals surface area contributed by atoms with Crippen LogP contribution in [0, 0.1) is 22.6 Å². The van der Waals surface area contributed by atoms with Crippen molar-refractivity contribution in [2.45, 2.75) is 38.2 Å². The van der Waals surface area contributed by atoms with E-state index in [9.17, 15) is 14.4 Å². The highest BCUT2D eigenvalue weighted by Crippen LogP contribution is 2.40. The molecule has 8 nitrogen and oxygen atoms in total. The number of nitrogens with zero attached hydrogens (tertiary/aromatic N) is 3. The first-order valence-electron chi connectivity index (χ1n) is 10.4. The van der Waals surface area contributed by atoms with Crippen LogP contribution in [0.1, 0.15) is 36.9 Å². The number of amides is 1. The smallest absolute Gasteiger partial charge is 0.224 e. The van der Waals surface area contributed by atoms with Crippen LogP contribution in [0.4, 0.5) is 16.0 Å².